The van der Waals surface area contributed by atoms with Crippen LogP contribution in [-0.2, 0) is 35.7 Å². The van der Waals surface area contributed by atoms with Crippen LogP contribution in [0.3, 0.4) is 0 Å². The molecular formula is C26H39IN4O2. The molecule has 6 nitrogen and oxygen atoms in total. The summed E-state index contributed by atoms with van der Waals surface area (Å²) in [5.41, 5.74) is 5.03. The quantitative estimate of drug-likeness (QED) is 0.255. The summed E-state index contributed by atoms with van der Waals surface area (Å²) in [6.45, 7) is 13.7. The van der Waals surface area contributed by atoms with Gasteiger partial charge in [-0.25, -0.2) is 4.99 Å². The highest BCUT2D eigenvalue weighted by Crippen LogP contribution is 2.13. The number of nitrogens with zero attached hydrogens (tertiary/aromatic N) is 2. The third-order valence-corrected chi connectivity index (χ3v) is 5.43. The second kappa shape index (κ2) is 15.3. The highest BCUT2D eigenvalue weighted by molar-refractivity contribution is 14.0. The standard InChI is InChI=1S/C26H38N4O2.HI/c1-4-27-26(28-17-22-9-11-23(12-10-22)20-32-21(2)3)29-18-24-7-5-6-8-25(24)19-30-13-15-31-16-14-30;/h5-12,21H,4,13-20H2,1-3H3,(H2,27,28,29);1H. The van der Waals surface area contributed by atoms with Gasteiger partial charge in [0, 0.05) is 32.7 Å². The first-order valence-electron chi connectivity index (χ1n) is 11.7. The highest BCUT2D eigenvalue weighted by atomic mass is 127. The molecule has 7 heteroatoms. The van der Waals surface area contributed by atoms with Crippen LogP contribution in [0.2, 0.25) is 0 Å². The van der Waals surface area contributed by atoms with Gasteiger partial charge in [-0.1, -0.05) is 48.5 Å². The van der Waals surface area contributed by atoms with Crippen molar-refractivity contribution in [3.63, 3.8) is 0 Å². The molecule has 1 saturated heterocycles. The predicted octanol–water partition coefficient (Wildman–Crippen LogP) is 4.32. The molecule has 1 aliphatic rings. The van der Waals surface area contributed by atoms with E-state index in [1.54, 1.807) is 0 Å². The number of hydrogen-bond acceptors (Lipinski definition) is 4. The molecule has 2 aromatic carbocycles. The van der Waals surface area contributed by atoms with Crippen LogP contribution in [0, 0.1) is 0 Å². The van der Waals surface area contributed by atoms with Crippen molar-refractivity contribution in [1.82, 2.24) is 15.5 Å². The molecule has 0 aliphatic carbocycles. The fraction of sp³-hybridized carbons (Fsp3) is 0.500. The van der Waals surface area contributed by atoms with Crippen LogP contribution in [0.25, 0.3) is 0 Å². The average Bonchev–Trinajstić information content (AvgIpc) is 2.81. The van der Waals surface area contributed by atoms with Crippen molar-refractivity contribution < 1.29 is 9.47 Å². The molecule has 0 bridgehead atoms. The SMILES string of the molecule is CCNC(=NCc1ccc(COC(C)C)cc1)NCc1ccccc1CN1CCOCC1.I. The molecule has 1 heterocycles. The summed E-state index contributed by atoms with van der Waals surface area (Å²) in [5.74, 6) is 0.834. The number of guanidine groups is 1. The van der Waals surface area contributed by atoms with Crippen molar-refractivity contribution in [3.8, 4) is 0 Å². The summed E-state index contributed by atoms with van der Waals surface area (Å²) >= 11 is 0. The van der Waals surface area contributed by atoms with Crippen molar-refractivity contribution in [2.75, 3.05) is 32.8 Å². The second-order valence-electron chi connectivity index (χ2n) is 8.38. The first-order chi connectivity index (χ1) is 15.6. The van der Waals surface area contributed by atoms with Crippen LogP contribution in [0.15, 0.2) is 53.5 Å². The lowest BCUT2D eigenvalue weighted by molar-refractivity contribution is 0.0341. The van der Waals surface area contributed by atoms with Gasteiger partial charge in [0.1, 0.15) is 0 Å². The number of hydrogen-bond donors (Lipinski definition) is 2. The lowest BCUT2D eigenvalue weighted by Crippen LogP contribution is -2.38. The Morgan fingerprint density at radius 1 is 1.00 bits per heavy atom. The number of morpholine rings is 1. The van der Waals surface area contributed by atoms with E-state index in [-0.39, 0.29) is 30.1 Å². The maximum atomic E-state index is 5.67. The Labute approximate surface area is 216 Å². The van der Waals surface area contributed by atoms with E-state index in [1.165, 1.54) is 22.3 Å². The molecule has 0 unspecified atom stereocenters. The summed E-state index contributed by atoms with van der Waals surface area (Å²) in [7, 11) is 0. The van der Waals surface area contributed by atoms with Gasteiger partial charge in [-0.15, -0.1) is 24.0 Å². The van der Waals surface area contributed by atoms with E-state index < -0.39 is 0 Å². The van der Waals surface area contributed by atoms with Crippen LogP contribution < -0.4 is 10.6 Å². The Morgan fingerprint density at radius 2 is 1.67 bits per heavy atom. The average molecular weight is 567 g/mol. The molecule has 0 spiro atoms. The topological polar surface area (TPSA) is 58.1 Å². The Morgan fingerprint density at radius 3 is 2.33 bits per heavy atom. The first-order valence-corrected chi connectivity index (χ1v) is 11.7. The summed E-state index contributed by atoms with van der Waals surface area (Å²) in [6.07, 6.45) is 0.243. The smallest absolute Gasteiger partial charge is 0.191 e. The van der Waals surface area contributed by atoms with Gasteiger partial charge in [-0.05, 0) is 43.0 Å². The van der Waals surface area contributed by atoms with Gasteiger partial charge in [0.05, 0.1) is 32.5 Å². The lowest BCUT2D eigenvalue weighted by atomic mass is 10.1. The molecule has 3 rings (SSSR count). The minimum atomic E-state index is 0. The van der Waals surface area contributed by atoms with E-state index >= 15 is 0 Å². The zero-order valence-electron chi connectivity index (χ0n) is 20.2. The minimum absolute atomic E-state index is 0. The van der Waals surface area contributed by atoms with E-state index in [4.69, 9.17) is 14.5 Å². The van der Waals surface area contributed by atoms with Gasteiger partial charge in [0.25, 0.3) is 0 Å². The van der Waals surface area contributed by atoms with Crippen LogP contribution in [0.5, 0.6) is 0 Å². The van der Waals surface area contributed by atoms with Crippen LogP contribution in [-0.4, -0.2) is 49.8 Å². The van der Waals surface area contributed by atoms with E-state index in [9.17, 15) is 0 Å². The van der Waals surface area contributed by atoms with Gasteiger partial charge in [0.2, 0.25) is 0 Å². The minimum Gasteiger partial charge on any atom is -0.379 e. The van der Waals surface area contributed by atoms with Crippen LogP contribution in [0.1, 0.15) is 43.0 Å². The summed E-state index contributed by atoms with van der Waals surface area (Å²) in [4.78, 5) is 7.24. The van der Waals surface area contributed by atoms with Gasteiger partial charge in [0.15, 0.2) is 5.96 Å². The zero-order valence-corrected chi connectivity index (χ0v) is 22.5. The third kappa shape index (κ3) is 10.00. The molecule has 2 N–H and O–H groups in total. The van der Waals surface area contributed by atoms with E-state index in [2.05, 4.69) is 84.8 Å². The lowest BCUT2D eigenvalue weighted by Gasteiger charge is -2.27. The maximum Gasteiger partial charge on any atom is 0.191 e. The number of rotatable bonds is 10. The Kier molecular flexibility index (Phi) is 12.8. The molecule has 1 fully saturated rings. The van der Waals surface area contributed by atoms with E-state index in [0.29, 0.717) is 13.2 Å². The molecule has 0 atom stereocenters. The number of nitrogens with one attached hydrogen (secondary N) is 2. The summed E-state index contributed by atoms with van der Waals surface area (Å²) in [6, 6.07) is 17.1. The van der Waals surface area contributed by atoms with Crippen molar-refractivity contribution in [2.24, 2.45) is 4.99 Å². The fourth-order valence-electron chi connectivity index (χ4n) is 3.58. The predicted molar refractivity (Wildman–Crippen MR) is 146 cm³/mol. The second-order valence-corrected chi connectivity index (χ2v) is 8.38. The van der Waals surface area contributed by atoms with Crippen molar-refractivity contribution in [1.29, 1.82) is 0 Å². The molecule has 0 radical (unpaired) electrons. The molecule has 2 aromatic rings. The van der Waals surface area contributed by atoms with Gasteiger partial charge < -0.3 is 20.1 Å². The normalized spacial score (nSPS) is 14.7. The zero-order chi connectivity index (χ0) is 22.6. The number of benzene rings is 2. The van der Waals surface area contributed by atoms with Crippen molar-refractivity contribution in [2.45, 2.75) is 53.1 Å². The Bertz CT molecular complexity index is 836. The third-order valence-electron chi connectivity index (χ3n) is 5.43. The largest absolute Gasteiger partial charge is 0.379 e. The van der Waals surface area contributed by atoms with Crippen molar-refractivity contribution in [3.05, 3.63) is 70.8 Å². The van der Waals surface area contributed by atoms with Gasteiger partial charge in [-0.2, -0.15) is 0 Å². The Hall–Kier alpha value is -1.68. The number of ether oxygens (including phenoxy) is 2. The molecular weight excluding hydrogens is 527 g/mol. The van der Waals surface area contributed by atoms with Crippen molar-refractivity contribution >= 4 is 29.9 Å². The molecule has 0 amide bonds. The highest BCUT2D eigenvalue weighted by Gasteiger charge is 2.12. The molecule has 0 saturated carbocycles. The molecule has 33 heavy (non-hydrogen) atoms. The number of aliphatic imine (C=N–C) groups is 1. The summed E-state index contributed by atoms with van der Waals surface area (Å²) in [5, 5.41) is 6.86. The molecule has 182 valence electrons. The van der Waals surface area contributed by atoms with Gasteiger partial charge >= 0.3 is 0 Å². The van der Waals surface area contributed by atoms with Crippen LogP contribution >= 0.6 is 24.0 Å². The monoisotopic (exact) mass is 566 g/mol. The Balaban J connectivity index is 0.00000385. The molecule has 0 aromatic heterocycles. The molecule has 1 aliphatic heterocycles. The maximum absolute atomic E-state index is 5.67. The van der Waals surface area contributed by atoms with E-state index in [0.717, 1.165) is 51.9 Å². The fourth-order valence-corrected chi connectivity index (χ4v) is 3.58. The van der Waals surface area contributed by atoms with Crippen LogP contribution in [0.4, 0.5) is 0 Å². The van der Waals surface area contributed by atoms with E-state index in [1.807, 2.05) is 0 Å². The summed E-state index contributed by atoms with van der Waals surface area (Å²) < 4.78 is 11.2. The van der Waals surface area contributed by atoms with Gasteiger partial charge in [-0.3, -0.25) is 4.90 Å². The first kappa shape index (κ1) is 27.6. The number of halogens is 1.